The molecule has 7 heteroatoms. The molecule has 0 radical (unpaired) electrons. The Bertz CT molecular complexity index is 632. The molecule has 1 amide bonds. The Morgan fingerprint density at radius 2 is 2.14 bits per heavy atom. The highest BCUT2D eigenvalue weighted by molar-refractivity contribution is 7.14. The van der Waals surface area contributed by atoms with Gasteiger partial charge in [-0.1, -0.05) is 41.1 Å². The Morgan fingerprint density at radius 3 is 2.82 bits per heavy atom. The van der Waals surface area contributed by atoms with E-state index < -0.39 is 0 Å². The lowest BCUT2D eigenvalue weighted by molar-refractivity contribution is -0.119. The molecular weight excluding hydrogens is 320 g/mol. The van der Waals surface area contributed by atoms with Gasteiger partial charge in [0.2, 0.25) is 5.91 Å². The smallest absolute Gasteiger partial charge is 0.217 e. The molecule has 1 aromatic carbocycles. The largest absolute Gasteiger partial charge is 0.347 e. The lowest BCUT2D eigenvalue weighted by Crippen LogP contribution is -2.26. The molecule has 0 fully saturated rings. The van der Waals surface area contributed by atoms with Crippen LogP contribution in [0.1, 0.15) is 37.2 Å². The molecule has 0 aliphatic rings. The summed E-state index contributed by atoms with van der Waals surface area (Å²) < 4.78 is 0. The van der Waals surface area contributed by atoms with Gasteiger partial charge in [0.1, 0.15) is 10.0 Å². The number of carbonyl (C=O) groups excluding carboxylic acids is 1. The molecule has 0 saturated heterocycles. The molecule has 0 aliphatic carbocycles. The first-order valence-corrected chi connectivity index (χ1v) is 8.36. The van der Waals surface area contributed by atoms with E-state index in [2.05, 4.69) is 15.5 Å². The fraction of sp³-hybridized carbons (Fsp3) is 0.400. The number of aromatic nitrogens is 2. The van der Waals surface area contributed by atoms with Gasteiger partial charge in [-0.05, 0) is 31.9 Å². The van der Waals surface area contributed by atoms with Gasteiger partial charge in [-0.2, -0.15) is 0 Å². The standard InChI is InChI=1S/C15H19ClN4OS/c1-10(21)18-13(8-4-5-9-17)15-20-19-14(22-15)11-6-2-3-7-12(11)16/h2-3,6-7,13H,4-5,8-9,17H2,1H3,(H,18,21)/t13-/m0/s1. The van der Waals surface area contributed by atoms with Crippen LogP contribution in [-0.2, 0) is 4.79 Å². The molecule has 3 N–H and O–H groups in total. The molecule has 1 heterocycles. The predicted molar refractivity (Wildman–Crippen MR) is 89.8 cm³/mol. The second-order valence-electron chi connectivity index (χ2n) is 4.96. The highest BCUT2D eigenvalue weighted by Gasteiger charge is 2.18. The number of hydrogen-bond acceptors (Lipinski definition) is 5. The quantitative estimate of drug-likeness (QED) is 0.760. The van der Waals surface area contributed by atoms with Crippen LogP contribution in [0.2, 0.25) is 5.02 Å². The van der Waals surface area contributed by atoms with Crippen LogP contribution in [0.4, 0.5) is 0 Å². The summed E-state index contributed by atoms with van der Waals surface area (Å²) in [7, 11) is 0. The van der Waals surface area contributed by atoms with Crippen LogP contribution in [0, 0.1) is 0 Å². The lowest BCUT2D eigenvalue weighted by atomic mass is 10.1. The van der Waals surface area contributed by atoms with E-state index in [1.165, 1.54) is 18.3 Å². The summed E-state index contributed by atoms with van der Waals surface area (Å²) >= 11 is 7.65. The summed E-state index contributed by atoms with van der Waals surface area (Å²) in [5.74, 6) is -0.0766. The Hall–Kier alpha value is -1.50. The maximum absolute atomic E-state index is 11.4. The topological polar surface area (TPSA) is 80.9 Å². The van der Waals surface area contributed by atoms with Crippen molar-refractivity contribution >= 4 is 28.8 Å². The van der Waals surface area contributed by atoms with Crippen molar-refractivity contribution in [3.8, 4) is 10.6 Å². The van der Waals surface area contributed by atoms with Crippen LogP contribution in [0.15, 0.2) is 24.3 Å². The van der Waals surface area contributed by atoms with E-state index in [1.807, 2.05) is 24.3 Å². The minimum atomic E-state index is -0.127. The first kappa shape index (κ1) is 16.9. The molecular formula is C15H19ClN4OS. The summed E-state index contributed by atoms with van der Waals surface area (Å²) in [4.78, 5) is 11.4. The molecule has 2 aromatic rings. The van der Waals surface area contributed by atoms with Crippen LogP contribution in [-0.4, -0.2) is 22.6 Å². The third kappa shape index (κ3) is 4.50. The van der Waals surface area contributed by atoms with E-state index in [-0.39, 0.29) is 11.9 Å². The van der Waals surface area contributed by atoms with Crippen LogP contribution in [0.25, 0.3) is 10.6 Å². The first-order valence-electron chi connectivity index (χ1n) is 7.17. The van der Waals surface area contributed by atoms with Gasteiger partial charge in [0, 0.05) is 12.5 Å². The van der Waals surface area contributed by atoms with Gasteiger partial charge in [0.05, 0.1) is 11.1 Å². The Labute approximate surface area is 138 Å². The maximum Gasteiger partial charge on any atom is 0.217 e. The minimum absolute atomic E-state index is 0.0766. The molecule has 118 valence electrons. The number of unbranched alkanes of at least 4 members (excludes halogenated alkanes) is 1. The molecule has 22 heavy (non-hydrogen) atoms. The van der Waals surface area contributed by atoms with Crippen molar-refractivity contribution in [3.63, 3.8) is 0 Å². The third-order valence-corrected chi connectivity index (χ3v) is 4.57. The third-order valence-electron chi connectivity index (χ3n) is 3.17. The molecule has 0 unspecified atom stereocenters. The monoisotopic (exact) mass is 338 g/mol. The van der Waals surface area contributed by atoms with E-state index in [0.717, 1.165) is 34.8 Å². The number of nitrogens with one attached hydrogen (secondary N) is 1. The van der Waals surface area contributed by atoms with Crippen molar-refractivity contribution < 1.29 is 4.79 Å². The fourth-order valence-corrected chi connectivity index (χ4v) is 3.36. The van der Waals surface area contributed by atoms with Crippen LogP contribution >= 0.6 is 22.9 Å². The fourth-order valence-electron chi connectivity index (χ4n) is 2.11. The van der Waals surface area contributed by atoms with Gasteiger partial charge in [0.15, 0.2) is 0 Å². The molecule has 5 nitrogen and oxygen atoms in total. The van der Waals surface area contributed by atoms with Gasteiger partial charge in [-0.25, -0.2) is 0 Å². The number of benzene rings is 1. The number of carbonyl (C=O) groups is 1. The summed E-state index contributed by atoms with van der Waals surface area (Å²) in [5, 5.41) is 13.6. The highest BCUT2D eigenvalue weighted by Crippen LogP contribution is 2.32. The predicted octanol–water partition coefficient (Wildman–Crippen LogP) is 3.16. The van der Waals surface area contributed by atoms with E-state index in [1.54, 1.807) is 0 Å². The van der Waals surface area contributed by atoms with Crippen molar-refractivity contribution in [3.05, 3.63) is 34.3 Å². The average Bonchev–Trinajstić information content (AvgIpc) is 2.96. The summed E-state index contributed by atoms with van der Waals surface area (Å²) in [6.07, 6.45) is 2.66. The normalized spacial score (nSPS) is 12.1. The van der Waals surface area contributed by atoms with Gasteiger partial charge in [-0.3, -0.25) is 4.79 Å². The second-order valence-corrected chi connectivity index (χ2v) is 6.38. The SMILES string of the molecule is CC(=O)N[C@@H](CCCCN)c1nnc(-c2ccccc2Cl)s1. The Balaban J connectivity index is 2.18. The molecule has 0 spiro atoms. The number of rotatable bonds is 7. The number of nitrogens with two attached hydrogens (primary N) is 1. The Morgan fingerprint density at radius 1 is 1.36 bits per heavy atom. The maximum atomic E-state index is 11.4. The number of nitrogens with zero attached hydrogens (tertiary/aromatic N) is 2. The van der Waals surface area contributed by atoms with Gasteiger partial charge in [0.25, 0.3) is 0 Å². The van der Waals surface area contributed by atoms with E-state index in [4.69, 9.17) is 17.3 Å². The summed E-state index contributed by atoms with van der Waals surface area (Å²) in [6, 6.07) is 7.40. The number of amides is 1. The molecule has 0 saturated carbocycles. The van der Waals surface area contributed by atoms with Gasteiger partial charge in [-0.15, -0.1) is 10.2 Å². The van der Waals surface area contributed by atoms with Crippen molar-refractivity contribution in [2.45, 2.75) is 32.2 Å². The highest BCUT2D eigenvalue weighted by atomic mass is 35.5. The van der Waals surface area contributed by atoms with E-state index in [9.17, 15) is 4.79 Å². The molecule has 0 bridgehead atoms. The summed E-state index contributed by atoms with van der Waals surface area (Å²) in [5.41, 5.74) is 6.38. The zero-order valence-electron chi connectivity index (χ0n) is 12.4. The van der Waals surface area contributed by atoms with Gasteiger partial charge >= 0.3 is 0 Å². The molecule has 1 atom stereocenters. The lowest BCUT2D eigenvalue weighted by Gasteiger charge is -2.14. The van der Waals surface area contributed by atoms with E-state index in [0.29, 0.717) is 11.6 Å². The van der Waals surface area contributed by atoms with Crippen molar-refractivity contribution in [1.29, 1.82) is 0 Å². The minimum Gasteiger partial charge on any atom is -0.347 e. The Kier molecular flexibility index (Phi) is 6.30. The molecule has 1 aromatic heterocycles. The zero-order chi connectivity index (χ0) is 15.9. The van der Waals surface area contributed by atoms with Crippen molar-refractivity contribution in [2.75, 3.05) is 6.54 Å². The molecule has 0 aliphatic heterocycles. The number of halogens is 1. The first-order chi connectivity index (χ1) is 10.6. The van der Waals surface area contributed by atoms with E-state index >= 15 is 0 Å². The van der Waals surface area contributed by atoms with Gasteiger partial charge < -0.3 is 11.1 Å². The second kappa shape index (κ2) is 8.22. The summed E-state index contributed by atoms with van der Waals surface area (Å²) in [6.45, 7) is 2.15. The molecule has 2 rings (SSSR count). The van der Waals surface area contributed by atoms with Crippen LogP contribution in [0.5, 0.6) is 0 Å². The average molecular weight is 339 g/mol. The van der Waals surface area contributed by atoms with Crippen molar-refractivity contribution in [1.82, 2.24) is 15.5 Å². The number of hydrogen-bond donors (Lipinski definition) is 2. The zero-order valence-corrected chi connectivity index (χ0v) is 14.0. The van der Waals surface area contributed by atoms with Crippen LogP contribution in [0.3, 0.4) is 0 Å². The van der Waals surface area contributed by atoms with Crippen molar-refractivity contribution in [2.24, 2.45) is 5.73 Å². The van der Waals surface area contributed by atoms with Crippen LogP contribution < -0.4 is 11.1 Å².